The number of likely N-dealkylation sites (tertiary alicyclic amines) is 1. The highest BCUT2D eigenvalue weighted by Gasteiger charge is 2.17. The summed E-state index contributed by atoms with van der Waals surface area (Å²) < 4.78 is 0. The molecule has 3 heteroatoms. The molecule has 0 spiro atoms. The van der Waals surface area contributed by atoms with Crippen molar-refractivity contribution in [1.82, 2.24) is 10.2 Å². The molecular weight excluding hydrogens is 138 g/mol. The van der Waals surface area contributed by atoms with E-state index < -0.39 is 0 Å². The number of likely N-dealkylation sites (N-methyl/N-ethyl adjacent to an activating group) is 1. The van der Waals surface area contributed by atoms with Gasteiger partial charge in [-0.05, 0) is 20.0 Å². The van der Waals surface area contributed by atoms with Crippen LogP contribution in [0.5, 0.6) is 0 Å². The van der Waals surface area contributed by atoms with Gasteiger partial charge >= 0.3 is 0 Å². The first-order valence-electron chi connectivity index (χ1n) is 4.12. The first-order chi connectivity index (χ1) is 5.33. The van der Waals surface area contributed by atoms with Gasteiger partial charge in [-0.1, -0.05) is 0 Å². The maximum atomic E-state index is 8.29. The van der Waals surface area contributed by atoms with Crippen molar-refractivity contribution in [3.05, 3.63) is 0 Å². The Balaban J connectivity index is 2.05. The molecule has 0 aliphatic carbocycles. The van der Waals surface area contributed by atoms with Crippen molar-refractivity contribution < 1.29 is 0 Å². The van der Waals surface area contributed by atoms with Crippen molar-refractivity contribution in [3.8, 4) is 6.07 Å². The van der Waals surface area contributed by atoms with Crippen LogP contribution < -0.4 is 5.32 Å². The second-order valence-corrected chi connectivity index (χ2v) is 3.11. The zero-order valence-corrected chi connectivity index (χ0v) is 7.01. The van der Waals surface area contributed by atoms with Crippen molar-refractivity contribution in [3.63, 3.8) is 0 Å². The molecule has 3 nitrogen and oxygen atoms in total. The van der Waals surface area contributed by atoms with Gasteiger partial charge in [0.05, 0.1) is 6.07 Å². The molecule has 11 heavy (non-hydrogen) atoms. The minimum atomic E-state index is 0.619. The van der Waals surface area contributed by atoms with Crippen LogP contribution in [0.1, 0.15) is 12.8 Å². The lowest BCUT2D eigenvalue weighted by Gasteiger charge is -2.10. The van der Waals surface area contributed by atoms with Crippen LogP contribution in [0.25, 0.3) is 0 Å². The topological polar surface area (TPSA) is 39.1 Å². The van der Waals surface area contributed by atoms with Gasteiger partial charge in [-0.3, -0.25) is 0 Å². The van der Waals surface area contributed by atoms with E-state index in [1.807, 2.05) is 0 Å². The van der Waals surface area contributed by atoms with Crippen molar-refractivity contribution in [2.75, 3.05) is 26.7 Å². The Bertz CT molecular complexity index is 150. The smallest absolute Gasteiger partial charge is 0.0635 e. The zero-order chi connectivity index (χ0) is 8.10. The Morgan fingerprint density at radius 2 is 2.55 bits per heavy atom. The molecule has 0 saturated carbocycles. The Morgan fingerprint density at radius 3 is 3.09 bits per heavy atom. The third-order valence-electron chi connectivity index (χ3n) is 2.06. The quantitative estimate of drug-likeness (QED) is 0.588. The van der Waals surface area contributed by atoms with Crippen LogP contribution in [0.3, 0.4) is 0 Å². The summed E-state index contributed by atoms with van der Waals surface area (Å²) in [4.78, 5) is 2.31. The highest BCUT2D eigenvalue weighted by Crippen LogP contribution is 2.05. The van der Waals surface area contributed by atoms with E-state index in [4.69, 9.17) is 5.26 Å². The van der Waals surface area contributed by atoms with Crippen molar-refractivity contribution in [2.24, 2.45) is 0 Å². The zero-order valence-electron chi connectivity index (χ0n) is 7.01. The molecule has 1 N–H and O–H groups in total. The number of hydrogen-bond acceptors (Lipinski definition) is 3. The maximum Gasteiger partial charge on any atom is 0.0635 e. The van der Waals surface area contributed by atoms with Crippen molar-refractivity contribution in [1.29, 1.82) is 5.26 Å². The van der Waals surface area contributed by atoms with Crippen molar-refractivity contribution in [2.45, 2.75) is 18.9 Å². The van der Waals surface area contributed by atoms with E-state index in [0.717, 1.165) is 13.1 Å². The second kappa shape index (κ2) is 4.32. The summed E-state index contributed by atoms with van der Waals surface area (Å²) >= 11 is 0. The number of nitrogens with zero attached hydrogens (tertiary/aromatic N) is 2. The van der Waals surface area contributed by atoms with Gasteiger partial charge in [0, 0.05) is 25.6 Å². The molecule has 0 aromatic carbocycles. The van der Waals surface area contributed by atoms with E-state index in [-0.39, 0.29) is 0 Å². The molecule has 0 aromatic rings. The van der Waals surface area contributed by atoms with E-state index >= 15 is 0 Å². The fourth-order valence-electron chi connectivity index (χ4n) is 1.43. The van der Waals surface area contributed by atoms with Gasteiger partial charge in [0.2, 0.25) is 0 Å². The SMILES string of the molecule is CN1CCC(NCCC#N)C1. The summed E-state index contributed by atoms with van der Waals surface area (Å²) in [6, 6.07) is 2.75. The van der Waals surface area contributed by atoms with E-state index in [9.17, 15) is 0 Å². The van der Waals surface area contributed by atoms with Crippen LogP contribution in [0.4, 0.5) is 0 Å². The predicted octanol–water partition coefficient (Wildman–Crippen LogP) is 0.194. The number of nitrogens with one attached hydrogen (secondary N) is 1. The summed E-state index contributed by atoms with van der Waals surface area (Å²) in [5.41, 5.74) is 0. The molecular formula is C8H15N3. The summed E-state index contributed by atoms with van der Waals surface area (Å²) in [7, 11) is 2.13. The van der Waals surface area contributed by atoms with Crippen LogP contribution >= 0.6 is 0 Å². The largest absolute Gasteiger partial charge is 0.312 e. The van der Waals surface area contributed by atoms with Crippen LogP contribution in [0.15, 0.2) is 0 Å². The number of nitriles is 1. The normalized spacial score (nSPS) is 25.3. The van der Waals surface area contributed by atoms with Gasteiger partial charge in [0.25, 0.3) is 0 Å². The molecule has 1 aliphatic rings. The third-order valence-corrected chi connectivity index (χ3v) is 2.06. The van der Waals surface area contributed by atoms with Crippen LogP contribution in [0.2, 0.25) is 0 Å². The van der Waals surface area contributed by atoms with Crippen LogP contribution in [-0.2, 0) is 0 Å². The van der Waals surface area contributed by atoms with E-state index in [0.29, 0.717) is 12.5 Å². The molecule has 0 radical (unpaired) electrons. The van der Waals surface area contributed by atoms with Gasteiger partial charge in [0.1, 0.15) is 0 Å². The first-order valence-corrected chi connectivity index (χ1v) is 4.12. The fraction of sp³-hybridized carbons (Fsp3) is 0.875. The Labute approximate surface area is 68.0 Å². The summed E-state index contributed by atoms with van der Waals surface area (Å²) in [6.45, 7) is 3.16. The fourth-order valence-corrected chi connectivity index (χ4v) is 1.43. The molecule has 0 amide bonds. The summed E-state index contributed by atoms with van der Waals surface area (Å²) in [5, 5.41) is 11.6. The highest BCUT2D eigenvalue weighted by molar-refractivity contribution is 4.80. The molecule has 62 valence electrons. The number of rotatable bonds is 3. The predicted molar refractivity (Wildman–Crippen MR) is 44.1 cm³/mol. The second-order valence-electron chi connectivity index (χ2n) is 3.11. The highest BCUT2D eigenvalue weighted by atomic mass is 15.2. The van der Waals surface area contributed by atoms with Gasteiger partial charge < -0.3 is 10.2 Å². The minimum absolute atomic E-state index is 0.619. The summed E-state index contributed by atoms with van der Waals surface area (Å²) in [6.07, 6.45) is 1.85. The van der Waals surface area contributed by atoms with E-state index in [1.165, 1.54) is 13.0 Å². The molecule has 0 bridgehead atoms. The first kappa shape index (κ1) is 8.51. The average molecular weight is 153 g/mol. The third kappa shape index (κ3) is 2.87. The minimum Gasteiger partial charge on any atom is -0.312 e. The molecule has 1 rings (SSSR count). The van der Waals surface area contributed by atoms with Crippen molar-refractivity contribution >= 4 is 0 Å². The van der Waals surface area contributed by atoms with Gasteiger partial charge in [-0.2, -0.15) is 5.26 Å². The lowest BCUT2D eigenvalue weighted by molar-refractivity contribution is 0.399. The van der Waals surface area contributed by atoms with Gasteiger partial charge in [-0.25, -0.2) is 0 Å². The van der Waals surface area contributed by atoms with Gasteiger partial charge in [0.15, 0.2) is 0 Å². The number of hydrogen-bond donors (Lipinski definition) is 1. The Hall–Kier alpha value is -0.590. The molecule has 1 fully saturated rings. The average Bonchev–Trinajstić information content (AvgIpc) is 2.37. The van der Waals surface area contributed by atoms with E-state index in [2.05, 4.69) is 23.3 Å². The van der Waals surface area contributed by atoms with Crippen LogP contribution in [0, 0.1) is 11.3 Å². The summed E-state index contributed by atoms with van der Waals surface area (Å²) in [5.74, 6) is 0. The molecule has 1 unspecified atom stereocenters. The van der Waals surface area contributed by atoms with E-state index in [1.54, 1.807) is 0 Å². The standard InChI is InChI=1S/C8H15N3/c1-11-6-3-8(7-11)10-5-2-4-9/h8,10H,2-3,5-7H2,1H3. The Kier molecular flexibility index (Phi) is 3.34. The lowest BCUT2D eigenvalue weighted by Crippen LogP contribution is -2.31. The molecule has 0 aromatic heterocycles. The molecule has 1 aliphatic heterocycles. The lowest BCUT2D eigenvalue weighted by atomic mass is 10.2. The monoisotopic (exact) mass is 153 g/mol. The molecule has 1 heterocycles. The molecule has 1 atom stereocenters. The Morgan fingerprint density at radius 1 is 1.73 bits per heavy atom. The molecule has 1 saturated heterocycles. The van der Waals surface area contributed by atoms with Gasteiger partial charge in [-0.15, -0.1) is 0 Å². The maximum absolute atomic E-state index is 8.29. The van der Waals surface area contributed by atoms with Crippen LogP contribution in [-0.4, -0.2) is 37.6 Å².